The van der Waals surface area contributed by atoms with Crippen LogP contribution in [0.25, 0.3) is 5.82 Å². The van der Waals surface area contributed by atoms with Crippen LogP contribution in [-0.2, 0) is 4.79 Å². The van der Waals surface area contributed by atoms with Gasteiger partial charge in [-0.25, -0.2) is 9.36 Å². The quantitative estimate of drug-likeness (QED) is 0.709. The van der Waals surface area contributed by atoms with Crippen molar-refractivity contribution in [2.45, 2.75) is 13.0 Å². The van der Waals surface area contributed by atoms with E-state index in [9.17, 15) is 9.59 Å². The summed E-state index contributed by atoms with van der Waals surface area (Å²) < 4.78 is 13.0. The van der Waals surface area contributed by atoms with Crippen LogP contribution in [0, 0.1) is 0 Å². The number of carbonyl (C=O) groups excluding carboxylic acids is 1. The van der Waals surface area contributed by atoms with Gasteiger partial charge in [0, 0.05) is 24.5 Å². The number of aromatic nitrogens is 4. The lowest BCUT2D eigenvalue weighted by atomic mass is 10.2. The molecule has 140 valence electrons. The zero-order valence-corrected chi connectivity index (χ0v) is 15.1. The number of benzene rings is 1. The Balaban J connectivity index is 1.88. The van der Waals surface area contributed by atoms with Crippen LogP contribution in [0.3, 0.4) is 0 Å². The third-order valence-corrected chi connectivity index (χ3v) is 3.96. The monoisotopic (exact) mass is 369 g/mol. The highest BCUT2D eigenvalue weighted by molar-refractivity contribution is 5.95. The van der Waals surface area contributed by atoms with Crippen molar-refractivity contribution in [2.75, 3.05) is 19.5 Å². The van der Waals surface area contributed by atoms with E-state index in [1.165, 1.54) is 25.0 Å². The van der Waals surface area contributed by atoms with E-state index in [4.69, 9.17) is 9.47 Å². The maximum absolute atomic E-state index is 12.7. The van der Waals surface area contributed by atoms with Crippen LogP contribution in [0.5, 0.6) is 11.5 Å². The summed E-state index contributed by atoms with van der Waals surface area (Å²) in [7, 11) is 3.03. The minimum Gasteiger partial charge on any atom is -0.497 e. The van der Waals surface area contributed by atoms with E-state index in [-0.39, 0.29) is 0 Å². The molecule has 3 rings (SSSR count). The Bertz CT molecular complexity index is 997. The Morgan fingerprint density at radius 3 is 2.67 bits per heavy atom. The first-order chi connectivity index (χ1) is 13.0. The number of methoxy groups -OCH3 is 2. The SMILES string of the molecule is COc1ccc(OC)c(NC(=O)C(C)n2nc(-n3cccn3)ccc2=O)c1. The molecule has 0 aliphatic carbocycles. The molecular weight excluding hydrogens is 350 g/mol. The Labute approximate surface area is 155 Å². The molecule has 0 spiro atoms. The molecule has 0 bridgehead atoms. The number of amides is 1. The molecule has 3 aromatic rings. The van der Waals surface area contributed by atoms with Crippen molar-refractivity contribution in [3.8, 4) is 17.3 Å². The van der Waals surface area contributed by atoms with Gasteiger partial charge in [0.15, 0.2) is 5.82 Å². The van der Waals surface area contributed by atoms with Crippen LogP contribution in [0.1, 0.15) is 13.0 Å². The van der Waals surface area contributed by atoms with Gasteiger partial charge in [-0.3, -0.25) is 9.59 Å². The lowest BCUT2D eigenvalue weighted by Gasteiger charge is -2.16. The first-order valence-corrected chi connectivity index (χ1v) is 8.16. The number of anilines is 1. The van der Waals surface area contributed by atoms with Gasteiger partial charge in [-0.05, 0) is 31.2 Å². The largest absolute Gasteiger partial charge is 0.497 e. The van der Waals surface area contributed by atoms with Crippen LogP contribution >= 0.6 is 0 Å². The third kappa shape index (κ3) is 3.81. The van der Waals surface area contributed by atoms with Crippen molar-refractivity contribution in [1.82, 2.24) is 19.6 Å². The second-order valence-electron chi connectivity index (χ2n) is 5.66. The molecule has 1 aromatic carbocycles. The second-order valence-corrected chi connectivity index (χ2v) is 5.66. The molecule has 0 aliphatic rings. The molecule has 27 heavy (non-hydrogen) atoms. The number of rotatable bonds is 6. The van der Waals surface area contributed by atoms with Crippen molar-refractivity contribution < 1.29 is 14.3 Å². The van der Waals surface area contributed by atoms with Crippen LogP contribution in [0.4, 0.5) is 5.69 Å². The van der Waals surface area contributed by atoms with Crippen molar-refractivity contribution in [2.24, 2.45) is 0 Å². The normalized spacial score (nSPS) is 11.7. The van der Waals surface area contributed by atoms with Gasteiger partial charge in [-0.15, -0.1) is 5.10 Å². The highest BCUT2D eigenvalue weighted by Crippen LogP contribution is 2.29. The maximum Gasteiger partial charge on any atom is 0.267 e. The van der Waals surface area contributed by atoms with Gasteiger partial charge in [0.05, 0.1) is 19.9 Å². The van der Waals surface area contributed by atoms with Crippen LogP contribution in [0.2, 0.25) is 0 Å². The van der Waals surface area contributed by atoms with E-state index >= 15 is 0 Å². The Morgan fingerprint density at radius 1 is 1.19 bits per heavy atom. The van der Waals surface area contributed by atoms with Gasteiger partial charge in [0.25, 0.3) is 5.56 Å². The molecule has 1 N–H and O–H groups in total. The molecule has 0 fully saturated rings. The molecule has 0 radical (unpaired) electrons. The molecule has 0 saturated carbocycles. The standard InChI is InChI=1S/C18H19N5O4/c1-12(18(25)20-14-11-13(26-2)5-6-15(14)27-3)23-17(24)8-7-16(21-23)22-10-4-9-19-22/h4-12H,1-3H3,(H,20,25). The summed E-state index contributed by atoms with van der Waals surface area (Å²) in [5.74, 6) is 1.05. The van der Waals surface area contributed by atoms with E-state index in [0.29, 0.717) is 23.0 Å². The lowest BCUT2D eigenvalue weighted by Crippen LogP contribution is -2.33. The molecule has 0 saturated heterocycles. The summed E-state index contributed by atoms with van der Waals surface area (Å²) in [5, 5.41) is 11.1. The molecule has 2 aromatic heterocycles. The molecule has 9 heteroatoms. The van der Waals surface area contributed by atoms with Gasteiger partial charge < -0.3 is 14.8 Å². The van der Waals surface area contributed by atoms with E-state index in [1.807, 2.05) is 0 Å². The fourth-order valence-electron chi connectivity index (χ4n) is 2.48. The highest BCUT2D eigenvalue weighted by Gasteiger charge is 2.20. The predicted molar refractivity (Wildman–Crippen MR) is 98.5 cm³/mol. The van der Waals surface area contributed by atoms with Gasteiger partial charge in [-0.2, -0.15) is 5.10 Å². The summed E-state index contributed by atoms with van der Waals surface area (Å²) in [6.07, 6.45) is 3.30. The topological polar surface area (TPSA) is 100 Å². The molecule has 9 nitrogen and oxygen atoms in total. The molecule has 1 atom stereocenters. The number of nitrogens with one attached hydrogen (secondary N) is 1. The maximum atomic E-state index is 12.7. The average Bonchev–Trinajstić information content (AvgIpc) is 3.22. The number of nitrogens with zero attached hydrogens (tertiary/aromatic N) is 4. The Morgan fingerprint density at radius 2 is 2.00 bits per heavy atom. The first-order valence-electron chi connectivity index (χ1n) is 8.16. The molecule has 1 unspecified atom stereocenters. The number of carbonyl (C=O) groups is 1. The molecule has 0 aliphatic heterocycles. The summed E-state index contributed by atoms with van der Waals surface area (Å²) in [4.78, 5) is 24.9. The van der Waals surface area contributed by atoms with E-state index < -0.39 is 17.5 Å². The van der Waals surface area contributed by atoms with Crippen molar-refractivity contribution in [1.29, 1.82) is 0 Å². The molecule has 1 amide bonds. The van der Waals surface area contributed by atoms with E-state index in [2.05, 4.69) is 15.5 Å². The fourth-order valence-corrected chi connectivity index (χ4v) is 2.48. The van der Waals surface area contributed by atoms with Gasteiger partial charge >= 0.3 is 0 Å². The van der Waals surface area contributed by atoms with Crippen molar-refractivity contribution in [3.63, 3.8) is 0 Å². The minimum atomic E-state index is -0.857. The second kappa shape index (κ2) is 7.73. The highest BCUT2D eigenvalue weighted by atomic mass is 16.5. The van der Waals surface area contributed by atoms with Gasteiger partial charge in [-0.1, -0.05) is 0 Å². The summed E-state index contributed by atoms with van der Waals surface area (Å²) >= 11 is 0. The molecule has 2 heterocycles. The van der Waals surface area contributed by atoms with Gasteiger partial charge in [0.2, 0.25) is 5.91 Å². The Hall–Kier alpha value is -3.62. The van der Waals surface area contributed by atoms with E-state index in [1.54, 1.807) is 49.6 Å². The van der Waals surface area contributed by atoms with Gasteiger partial charge in [0.1, 0.15) is 17.5 Å². The number of hydrogen-bond donors (Lipinski definition) is 1. The van der Waals surface area contributed by atoms with E-state index in [0.717, 1.165) is 4.68 Å². The number of ether oxygens (including phenoxy) is 2. The zero-order valence-electron chi connectivity index (χ0n) is 15.1. The predicted octanol–water partition coefficient (Wildman–Crippen LogP) is 1.65. The average molecular weight is 369 g/mol. The third-order valence-electron chi connectivity index (χ3n) is 3.96. The van der Waals surface area contributed by atoms with Crippen molar-refractivity contribution >= 4 is 11.6 Å². The smallest absolute Gasteiger partial charge is 0.267 e. The van der Waals surface area contributed by atoms with Crippen LogP contribution in [-0.4, -0.2) is 39.7 Å². The number of hydrogen-bond acceptors (Lipinski definition) is 6. The zero-order chi connectivity index (χ0) is 19.4. The first kappa shape index (κ1) is 18.2. The summed E-state index contributed by atoms with van der Waals surface area (Å²) in [5.41, 5.74) is 0.0381. The van der Waals surface area contributed by atoms with Crippen LogP contribution < -0.4 is 20.3 Å². The Kier molecular flexibility index (Phi) is 5.20. The summed E-state index contributed by atoms with van der Waals surface area (Å²) in [6.45, 7) is 1.59. The minimum absolute atomic E-state index is 0.397. The van der Waals surface area contributed by atoms with Crippen LogP contribution in [0.15, 0.2) is 53.6 Å². The van der Waals surface area contributed by atoms with Crippen molar-refractivity contribution in [3.05, 3.63) is 59.1 Å². The summed E-state index contributed by atoms with van der Waals surface area (Å²) in [6, 6.07) is 8.81. The molecular formula is C18H19N5O4. The fraction of sp³-hybridized carbons (Fsp3) is 0.222. The lowest BCUT2D eigenvalue weighted by molar-refractivity contribution is -0.119.